The number of hydrogen-bond donors (Lipinski definition) is 2. The zero-order chi connectivity index (χ0) is 19.2. The lowest BCUT2D eigenvalue weighted by Crippen LogP contribution is -2.22. The van der Waals surface area contributed by atoms with Crippen molar-refractivity contribution in [2.24, 2.45) is 0 Å². The first-order valence-corrected chi connectivity index (χ1v) is 8.83. The summed E-state index contributed by atoms with van der Waals surface area (Å²) in [6.45, 7) is 3.38. The zero-order valence-corrected chi connectivity index (χ0v) is 15.4. The molecule has 0 unspecified atom stereocenters. The van der Waals surface area contributed by atoms with Gasteiger partial charge in [0.15, 0.2) is 0 Å². The fourth-order valence-corrected chi connectivity index (χ4v) is 3.03. The van der Waals surface area contributed by atoms with E-state index < -0.39 is 5.92 Å². The lowest BCUT2D eigenvalue weighted by atomic mass is 9.90. The van der Waals surface area contributed by atoms with Crippen molar-refractivity contribution in [3.8, 4) is 0 Å². The van der Waals surface area contributed by atoms with Gasteiger partial charge in [-0.3, -0.25) is 9.59 Å². The maximum absolute atomic E-state index is 13.2. The van der Waals surface area contributed by atoms with Gasteiger partial charge in [0.25, 0.3) is 0 Å². The lowest BCUT2D eigenvalue weighted by Gasteiger charge is -2.19. The molecule has 0 aliphatic rings. The van der Waals surface area contributed by atoms with Crippen LogP contribution in [0.25, 0.3) is 0 Å². The first kappa shape index (κ1) is 18.4. The fourth-order valence-electron chi connectivity index (χ4n) is 3.03. The van der Waals surface area contributed by atoms with E-state index in [2.05, 4.69) is 10.6 Å². The molecule has 4 nitrogen and oxygen atoms in total. The van der Waals surface area contributed by atoms with Crippen LogP contribution >= 0.6 is 0 Å². The molecule has 0 spiro atoms. The summed E-state index contributed by atoms with van der Waals surface area (Å²) in [6.07, 6.45) is 0. The second-order valence-corrected chi connectivity index (χ2v) is 6.45. The van der Waals surface area contributed by atoms with Crippen molar-refractivity contribution in [3.05, 3.63) is 95.6 Å². The second-order valence-electron chi connectivity index (χ2n) is 6.45. The van der Waals surface area contributed by atoms with Gasteiger partial charge in [0.1, 0.15) is 0 Å². The van der Waals surface area contributed by atoms with Crippen LogP contribution in [0.15, 0.2) is 78.9 Å². The van der Waals surface area contributed by atoms with E-state index in [9.17, 15) is 9.59 Å². The summed E-state index contributed by atoms with van der Waals surface area (Å²) in [6, 6.07) is 24.9. The SMILES string of the molecule is CC(=O)Nc1ccc(C)c(NC(=O)C(c2ccccc2)c2ccccc2)c1. The van der Waals surface area contributed by atoms with Gasteiger partial charge in [-0.25, -0.2) is 0 Å². The number of benzene rings is 3. The number of carbonyl (C=O) groups excluding carboxylic acids is 2. The number of rotatable bonds is 5. The first-order valence-electron chi connectivity index (χ1n) is 8.83. The van der Waals surface area contributed by atoms with Crippen LogP contribution < -0.4 is 10.6 Å². The van der Waals surface area contributed by atoms with Crippen LogP contribution in [0, 0.1) is 6.92 Å². The van der Waals surface area contributed by atoms with Crippen molar-refractivity contribution in [1.82, 2.24) is 0 Å². The van der Waals surface area contributed by atoms with E-state index in [-0.39, 0.29) is 11.8 Å². The van der Waals surface area contributed by atoms with Crippen LogP contribution in [0.4, 0.5) is 11.4 Å². The van der Waals surface area contributed by atoms with Gasteiger partial charge in [-0.15, -0.1) is 0 Å². The monoisotopic (exact) mass is 358 g/mol. The minimum Gasteiger partial charge on any atom is -0.326 e. The highest BCUT2D eigenvalue weighted by Crippen LogP contribution is 2.28. The molecule has 2 amide bonds. The Kier molecular flexibility index (Phi) is 5.67. The van der Waals surface area contributed by atoms with Crippen molar-refractivity contribution in [2.75, 3.05) is 10.6 Å². The molecule has 0 aliphatic heterocycles. The minimum absolute atomic E-state index is 0.115. The summed E-state index contributed by atoms with van der Waals surface area (Å²) in [5.74, 6) is -0.686. The van der Waals surface area contributed by atoms with Gasteiger partial charge in [0.2, 0.25) is 11.8 Å². The summed E-state index contributed by atoms with van der Waals surface area (Å²) in [7, 11) is 0. The molecule has 0 aromatic heterocycles. The summed E-state index contributed by atoms with van der Waals surface area (Å²) in [4.78, 5) is 24.5. The Morgan fingerprint density at radius 2 is 1.33 bits per heavy atom. The molecule has 0 fully saturated rings. The third kappa shape index (κ3) is 4.61. The maximum atomic E-state index is 13.2. The van der Waals surface area contributed by atoms with Gasteiger partial charge in [0, 0.05) is 18.3 Å². The molecule has 0 bridgehead atoms. The Bertz CT molecular complexity index is 898. The standard InChI is InChI=1S/C23H22N2O2/c1-16-13-14-20(24-17(2)26)15-21(16)25-23(27)22(18-9-5-3-6-10-18)19-11-7-4-8-12-19/h3-15,22H,1-2H3,(H,24,26)(H,25,27). The van der Waals surface area contributed by atoms with E-state index in [1.807, 2.05) is 79.7 Å². The van der Waals surface area contributed by atoms with Crippen LogP contribution in [0.3, 0.4) is 0 Å². The third-order valence-electron chi connectivity index (χ3n) is 4.34. The number of anilines is 2. The molecule has 3 aromatic carbocycles. The molecule has 27 heavy (non-hydrogen) atoms. The molecular formula is C23H22N2O2. The first-order chi connectivity index (χ1) is 13.0. The van der Waals surface area contributed by atoms with E-state index in [4.69, 9.17) is 0 Å². The van der Waals surface area contributed by atoms with Gasteiger partial charge in [0.05, 0.1) is 5.92 Å². The van der Waals surface area contributed by atoms with E-state index in [1.54, 1.807) is 6.07 Å². The number of amides is 2. The van der Waals surface area contributed by atoms with Crippen molar-refractivity contribution >= 4 is 23.2 Å². The van der Waals surface area contributed by atoms with Crippen molar-refractivity contribution in [3.63, 3.8) is 0 Å². The van der Waals surface area contributed by atoms with Gasteiger partial charge in [-0.2, -0.15) is 0 Å². The van der Waals surface area contributed by atoms with Gasteiger partial charge >= 0.3 is 0 Å². The molecule has 0 saturated heterocycles. The second kappa shape index (κ2) is 8.32. The molecule has 136 valence electrons. The number of nitrogens with one attached hydrogen (secondary N) is 2. The van der Waals surface area contributed by atoms with E-state index in [0.717, 1.165) is 16.7 Å². The number of aryl methyl sites for hydroxylation is 1. The summed E-state index contributed by atoms with van der Waals surface area (Å²) in [5, 5.41) is 5.78. The molecule has 4 heteroatoms. The Morgan fingerprint density at radius 1 is 0.778 bits per heavy atom. The summed E-state index contributed by atoms with van der Waals surface area (Å²) >= 11 is 0. The third-order valence-corrected chi connectivity index (χ3v) is 4.34. The summed E-state index contributed by atoms with van der Waals surface area (Å²) < 4.78 is 0. The van der Waals surface area contributed by atoms with Crippen molar-refractivity contribution < 1.29 is 9.59 Å². The average Bonchev–Trinajstić information content (AvgIpc) is 2.66. The van der Waals surface area contributed by atoms with Gasteiger partial charge in [-0.1, -0.05) is 66.7 Å². The summed E-state index contributed by atoms with van der Waals surface area (Å²) in [5.41, 5.74) is 4.12. The molecule has 2 N–H and O–H groups in total. The Labute approximate surface area is 159 Å². The van der Waals surface area contributed by atoms with E-state index in [0.29, 0.717) is 11.4 Å². The number of hydrogen-bond acceptors (Lipinski definition) is 2. The topological polar surface area (TPSA) is 58.2 Å². The van der Waals surface area contributed by atoms with Crippen molar-refractivity contribution in [1.29, 1.82) is 0 Å². The lowest BCUT2D eigenvalue weighted by molar-refractivity contribution is -0.117. The zero-order valence-electron chi connectivity index (χ0n) is 15.4. The minimum atomic E-state index is -0.420. The van der Waals surface area contributed by atoms with Crippen LogP contribution in [0.1, 0.15) is 29.5 Å². The predicted octanol–water partition coefficient (Wildman–Crippen LogP) is 4.72. The largest absolute Gasteiger partial charge is 0.326 e. The highest BCUT2D eigenvalue weighted by Gasteiger charge is 2.23. The average molecular weight is 358 g/mol. The van der Waals surface area contributed by atoms with Crippen molar-refractivity contribution in [2.45, 2.75) is 19.8 Å². The predicted molar refractivity (Wildman–Crippen MR) is 109 cm³/mol. The molecule has 3 aromatic rings. The molecule has 0 aliphatic carbocycles. The smallest absolute Gasteiger partial charge is 0.236 e. The Morgan fingerprint density at radius 3 is 1.85 bits per heavy atom. The normalized spacial score (nSPS) is 10.5. The molecular weight excluding hydrogens is 336 g/mol. The number of carbonyl (C=O) groups is 2. The molecule has 0 radical (unpaired) electrons. The quantitative estimate of drug-likeness (QED) is 0.693. The molecule has 0 atom stereocenters. The van der Waals surface area contributed by atoms with E-state index in [1.165, 1.54) is 6.92 Å². The Balaban J connectivity index is 1.93. The molecule has 0 heterocycles. The van der Waals surface area contributed by atoms with Gasteiger partial charge in [-0.05, 0) is 35.7 Å². The Hall–Kier alpha value is -3.40. The highest BCUT2D eigenvalue weighted by molar-refractivity contribution is 5.99. The van der Waals surface area contributed by atoms with Crippen LogP contribution in [-0.4, -0.2) is 11.8 Å². The molecule has 3 rings (SSSR count). The van der Waals surface area contributed by atoms with Crippen LogP contribution in [0.5, 0.6) is 0 Å². The van der Waals surface area contributed by atoms with E-state index >= 15 is 0 Å². The maximum Gasteiger partial charge on any atom is 0.236 e. The molecule has 0 saturated carbocycles. The van der Waals surface area contributed by atoms with Gasteiger partial charge < -0.3 is 10.6 Å². The highest BCUT2D eigenvalue weighted by atomic mass is 16.2. The van der Waals surface area contributed by atoms with Crippen LogP contribution in [-0.2, 0) is 9.59 Å². The van der Waals surface area contributed by atoms with Crippen LogP contribution in [0.2, 0.25) is 0 Å². The fraction of sp³-hybridized carbons (Fsp3) is 0.130.